The predicted molar refractivity (Wildman–Crippen MR) is 74.8 cm³/mol. The number of nitrogens with one attached hydrogen (secondary N) is 2. The van der Waals surface area contributed by atoms with Gasteiger partial charge in [0.2, 0.25) is 5.91 Å². The van der Waals surface area contributed by atoms with Crippen LogP contribution in [0.1, 0.15) is 6.42 Å². The SMILES string of the molecule is COc1ccc(Cl)cc1NC(=O)C[C@H]1[NH2+]CCNC1=O. The normalized spacial score (nSPS) is 18.3. The number of halogens is 1. The fourth-order valence-corrected chi connectivity index (χ4v) is 2.25. The Morgan fingerprint density at radius 1 is 1.60 bits per heavy atom. The van der Waals surface area contributed by atoms with Crippen LogP contribution in [0.3, 0.4) is 0 Å². The van der Waals surface area contributed by atoms with E-state index in [1.165, 1.54) is 7.11 Å². The third kappa shape index (κ3) is 3.61. The van der Waals surface area contributed by atoms with E-state index in [4.69, 9.17) is 16.3 Å². The number of nitrogens with two attached hydrogens (primary N) is 1. The summed E-state index contributed by atoms with van der Waals surface area (Å²) in [5.74, 6) is 0.174. The van der Waals surface area contributed by atoms with Crippen LogP contribution in [0.2, 0.25) is 5.02 Å². The van der Waals surface area contributed by atoms with Crippen molar-refractivity contribution in [1.29, 1.82) is 0 Å². The van der Waals surface area contributed by atoms with E-state index in [1.54, 1.807) is 18.2 Å². The monoisotopic (exact) mass is 298 g/mol. The zero-order chi connectivity index (χ0) is 14.5. The van der Waals surface area contributed by atoms with Crippen molar-refractivity contribution in [3.05, 3.63) is 23.2 Å². The molecule has 1 aromatic carbocycles. The van der Waals surface area contributed by atoms with Gasteiger partial charge in [-0.25, -0.2) is 0 Å². The summed E-state index contributed by atoms with van der Waals surface area (Å²) in [6, 6.07) is 4.59. The van der Waals surface area contributed by atoms with Gasteiger partial charge < -0.3 is 20.7 Å². The summed E-state index contributed by atoms with van der Waals surface area (Å²) in [6.45, 7) is 1.42. The largest absolute Gasteiger partial charge is 0.495 e. The number of hydrogen-bond donors (Lipinski definition) is 3. The Hall–Kier alpha value is -1.79. The molecule has 0 unspecified atom stereocenters. The van der Waals surface area contributed by atoms with Gasteiger partial charge in [-0.2, -0.15) is 0 Å². The number of rotatable bonds is 4. The van der Waals surface area contributed by atoms with E-state index in [1.807, 2.05) is 5.32 Å². The van der Waals surface area contributed by atoms with Crippen LogP contribution in [-0.2, 0) is 9.59 Å². The quantitative estimate of drug-likeness (QED) is 0.716. The van der Waals surface area contributed by atoms with E-state index < -0.39 is 0 Å². The van der Waals surface area contributed by atoms with Gasteiger partial charge in [-0.1, -0.05) is 11.6 Å². The number of piperazine rings is 1. The summed E-state index contributed by atoms with van der Waals surface area (Å²) < 4.78 is 5.15. The number of benzene rings is 1. The summed E-state index contributed by atoms with van der Waals surface area (Å²) >= 11 is 5.90. The maximum Gasteiger partial charge on any atom is 0.278 e. The summed E-state index contributed by atoms with van der Waals surface area (Å²) in [4.78, 5) is 23.6. The molecular formula is C13H17ClN3O3+. The number of ether oxygens (including phenoxy) is 1. The molecule has 1 aliphatic rings. The van der Waals surface area contributed by atoms with Crippen LogP contribution >= 0.6 is 11.6 Å². The van der Waals surface area contributed by atoms with Crippen LogP contribution in [0.15, 0.2) is 18.2 Å². The molecule has 0 aromatic heterocycles. The van der Waals surface area contributed by atoms with Crippen molar-refractivity contribution >= 4 is 29.1 Å². The third-order valence-electron chi connectivity index (χ3n) is 3.07. The van der Waals surface area contributed by atoms with Gasteiger partial charge in [0.05, 0.1) is 32.3 Å². The Morgan fingerprint density at radius 2 is 2.40 bits per heavy atom. The lowest BCUT2D eigenvalue weighted by atomic mass is 10.1. The maximum atomic E-state index is 12.0. The topological polar surface area (TPSA) is 84.0 Å². The molecule has 1 saturated heterocycles. The second-order valence-corrected chi connectivity index (χ2v) is 4.96. The van der Waals surface area contributed by atoms with Gasteiger partial charge in [0.15, 0.2) is 6.04 Å². The highest BCUT2D eigenvalue weighted by Crippen LogP contribution is 2.27. The Labute approximate surface area is 121 Å². The first-order valence-electron chi connectivity index (χ1n) is 6.34. The molecule has 2 amide bonds. The molecule has 0 spiro atoms. The molecule has 0 aliphatic carbocycles. The minimum absolute atomic E-state index is 0.107. The molecule has 2 rings (SSSR count). The first-order valence-corrected chi connectivity index (χ1v) is 6.72. The number of methoxy groups -OCH3 is 1. The van der Waals surface area contributed by atoms with E-state index in [0.717, 1.165) is 6.54 Å². The second kappa shape index (κ2) is 6.58. The predicted octanol–water partition coefficient (Wildman–Crippen LogP) is -0.261. The van der Waals surface area contributed by atoms with E-state index in [-0.39, 0.29) is 24.3 Å². The van der Waals surface area contributed by atoms with Gasteiger partial charge in [0.1, 0.15) is 5.75 Å². The van der Waals surface area contributed by atoms with E-state index in [9.17, 15) is 9.59 Å². The Morgan fingerprint density at radius 3 is 3.10 bits per heavy atom. The number of amides is 2. The van der Waals surface area contributed by atoms with Crippen LogP contribution in [0.25, 0.3) is 0 Å². The Kier molecular flexibility index (Phi) is 4.81. The lowest BCUT2D eigenvalue weighted by Crippen LogP contribution is -2.96. The van der Waals surface area contributed by atoms with Gasteiger partial charge in [-0.15, -0.1) is 0 Å². The molecule has 0 bridgehead atoms. The Balaban J connectivity index is 2.00. The maximum absolute atomic E-state index is 12.0. The zero-order valence-corrected chi connectivity index (χ0v) is 11.9. The standard InChI is InChI=1S/C13H16ClN3O3/c1-20-11-3-2-8(14)6-9(11)17-12(18)7-10-13(19)16-5-4-15-10/h2-3,6,10,15H,4-5,7H2,1H3,(H,16,19)(H,17,18)/p+1/t10-/m1/s1. The van der Waals surface area contributed by atoms with Gasteiger partial charge in [-0.05, 0) is 18.2 Å². The van der Waals surface area contributed by atoms with Gasteiger partial charge in [0.25, 0.3) is 5.91 Å². The van der Waals surface area contributed by atoms with Crippen molar-refractivity contribution in [3.63, 3.8) is 0 Å². The Bertz CT molecular complexity index is 522. The molecule has 4 N–H and O–H groups in total. The summed E-state index contributed by atoms with van der Waals surface area (Å²) in [5, 5.41) is 7.83. The van der Waals surface area contributed by atoms with Gasteiger partial charge in [0, 0.05) is 5.02 Å². The number of carbonyl (C=O) groups excluding carboxylic acids is 2. The van der Waals surface area contributed by atoms with E-state index in [2.05, 4.69) is 10.6 Å². The highest BCUT2D eigenvalue weighted by molar-refractivity contribution is 6.31. The minimum Gasteiger partial charge on any atom is -0.495 e. The summed E-state index contributed by atoms with van der Waals surface area (Å²) in [6.07, 6.45) is 0.113. The fraction of sp³-hybridized carbons (Fsp3) is 0.385. The first-order chi connectivity index (χ1) is 9.60. The molecular weight excluding hydrogens is 282 g/mol. The lowest BCUT2D eigenvalue weighted by Gasteiger charge is -2.20. The number of anilines is 1. The second-order valence-electron chi connectivity index (χ2n) is 4.52. The zero-order valence-electron chi connectivity index (χ0n) is 11.1. The molecule has 1 aromatic rings. The third-order valence-corrected chi connectivity index (χ3v) is 3.31. The van der Waals surface area contributed by atoms with Gasteiger partial charge in [-0.3, -0.25) is 9.59 Å². The molecule has 1 aliphatic heterocycles. The van der Waals surface area contributed by atoms with Crippen molar-refractivity contribution in [3.8, 4) is 5.75 Å². The van der Waals surface area contributed by atoms with Crippen LogP contribution in [0.4, 0.5) is 5.69 Å². The molecule has 1 fully saturated rings. The first kappa shape index (κ1) is 14.6. The minimum atomic E-state index is -0.381. The summed E-state index contributed by atoms with van der Waals surface area (Å²) in [7, 11) is 1.52. The lowest BCUT2D eigenvalue weighted by molar-refractivity contribution is -0.678. The van der Waals surface area contributed by atoms with Crippen LogP contribution in [0.5, 0.6) is 5.75 Å². The number of quaternary nitrogens is 1. The molecule has 1 heterocycles. The molecule has 6 nitrogen and oxygen atoms in total. The van der Waals surface area contributed by atoms with Crippen LogP contribution in [-0.4, -0.2) is 38.1 Å². The highest BCUT2D eigenvalue weighted by Gasteiger charge is 2.28. The van der Waals surface area contributed by atoms with Crippen molar-refractivity contribution in [1.82, 2.24) is 5.32 Å². The molecule has 108 valence electrons. The van der Waals surface area contributed by atoms with Crippen molar-refractivity contribution in [2.75, 3.05) is 25.5 Å². The van der Waals surface area contributed by atoms with Crippen molar-refractivity contribution < 1.29 is 19.6 Å². The van der Waals surface area contributed by atoms with Crippen LogP contribution in [0, 0.1) is 0 Å². The van der Waals surface area contributed by atoms with Crippen molar-refractivity contribution in [2.45, 2.75) is 12.5 Å². The van der Waals surface area contributed by atoms with E-state index in [0.29, 0.717) is 23.0 Å². The van der Waals surface area contributed by atoms with Crippen molar-refractivity contribution in [2.24, 2.45) is 0 Å². The number of carbonyl (C=O) groups is 2. The smallest absolute Gasteiger partial charge is 0.278 e. The molecule has 0 radical (unpaired) electrons. The molecule has 20 heavy (non-hydrogen) atoms. The van der Waals surface area contributed by atoms with E-state index >= 15 is 0 Å². The number of hydrogen-bond acceptors (Lipinski definition) is 3. The fourth-order valence-electron chi connectivity index (χ4n) is 2.07. The average Bonchev–Trinajstić information content (AvgIpc) is 2.41. The molecule has 0 saturated carbocycles. The van der Waals surface area contributed by atoms with Gasteiger partial charge >= 0.3 is 0 Å². The average molecular weight is 299 g/mol. The molecule has 1 atom stereocenters. The highest BCUT2D eigenvalue weighted by atomic mass is 35.5. The molecule has 7 heteroatoms. The summed E-state index contributed by atoms with van der Waals surface area (Å²) in [5.41, 5.74) is 0.501. The van der Waals surface area contributed by atoms with Crippen LogP contribution < -0.4 is 20.7 Å².